The molecule has 7 nitrogen and oxygen atoms in total. The summed E-state index contributed by atoms with van der Waals surface area (Å²) in [4.78, 5) is 32.9. The highest BCUT2D eigenvalue weighted by Gasteiger charge is 2.28. The van der Waals surface area contributed by atoms with Crippen LogP contribution in [0.3, 0.4) is 0 Å². The molecule has 0 saturated carbocycles. The van der Waals surface area contributed by atoms with Crippen molar-refractivity contribution in [2.45, 2.75) is 32.2 Å². The minimum atomic E-state index is 0.115. The second-order valence-electron chi connectivity index (χ2n) is 7.99. The average molecular weight is 412 g/mol. The number of fused-ring (bicyclic) bond motifs is 1. The van der Waals surface area contributed by atoms with Gasteiger partial charge in [-0.2, -0.15) is 0 Å². The molecule has 156 valence electrons. The zero-order chi connectivity index (χ0) is 21.2. The number of pyridine rings is 1. The van der Waals surface area contributed by atoms with E-state index >= 15 is 0 Å². The number of carbonyl (C=O) groups excluding carboxylic acids is 1. The molecule has 0 radical (unpaired) electrons. The molecule has 1 saturated heterocycles. The molecule has 1 amide bonds. The van der Waals surface area contributed by atoms with Crippen molar-refractivity contribution < 1.29 is 4.79 Å². The van der Waals surface area contributed by atoms with Crippen molar-refractivity contribution in [2.24, 2.45) is 0 Å². The number of aromatic nitrogens is 5. The Bertz CT molecular complexity index is 1220. The highest BCUT2D eigenvalue weighted by Crippen LogP contribution is 2.33. The van der Waals surface area contributed by atoms with Gasteiger partial charge in [0.15, 0.2) is 0 Å². The number of nitrogens with zero attached hydrogens (tertiary/aromatic N) is 6. The molecule has 1 atom stereocenters. The molecular weight excluding hydrogens is 388 g/mol. The van der Waals surface area contributed by atoms with Crippen LogP contribution in [0, 0.1) is 6.92 Å². The Morgan fingerprint density at radius 3 is 2.84 bits per heavy atom. The molecule has 7 heteroatoms. The molecule has 31 heavy (non-hydrogen) atoms. The van der Waals surface area contributed by atoms with E-state index in [4.69, 9.17) is 4.98 Å². The minimum Gasteiger partial charge on any atom is -0.340 e. The lowest BCUT2D eigenvalue weighted by Gasteiger charge is -2.33. The summed E-state index contributed by atoms with van der Waals surface area (Å²) in [5, 5.41) is 0. The summed E-state index contributed by atoms with van der Waals surface area (Å²) < 4.78 is 1.93. The maximum atomic E-state index is 13.1. The number of para-hydroxylation sites is 2. The van der Waals surface area contributed by atoms with Crippen molar-refractivity contribution in [1.82, 2.24) is 29.4 Å². The number of hydrogen-bond acceptors (Lipinski definition) is 5. The lowest BCUT2D eigenvalue weighted by Crippen LogP contribution is -2.41. The average Bonchev–Trinajstić information content (AvgIpc) is 3.22. The Morgan fingerprint density at radius 2 is 1.97 bits per heavy atom. The van der Waals surface area contributed by atoms with Gasteiger partial charge in [0.2, 0.25) is 5.91 Å². The van der Waals surface area contributed by atoms with E-state index < -0.39 is 0 Å². The van der Waals surface area contributed by atoms with E-state index in [1.54, 1.807) is 18.7 Å². The zero-order valence-electron chi connectivity index (χ0n) is 17.5. The van der Waals surface area contributed by atoms with Gasteiger partial charge in [-0.15, -0.1) is 0 Å². The topological polar surface area (TPSA) is 76.8 Å². The Labute approximate surface area is 180 Å². The van der Waals surface area contributed by atoms with Gasteiger partial charge in [-0.25, -0.2) is 15.0 Å². The molecule has 4 heterocycles. The van der Waals surface area contributed by atoms with Crippen molar-refractivity contribution in [3.05, 3.63) is 72.8 Å². The van der Waals surface area contributed by atoms with Crippen LogP contribution in [0.5, 0.6) is 0 Å². The third-order valence-electron chi connectivity index (χ3n) is 5.92. The number of carbonyl (C=O) groups is 1. The molecule has 0 unspecified atom stereocenters. The predicted octanol–water partition coefficient (Wildman–Crippen LogP) is 3.60. The molecule has 5 rings (SSSR count). The Morgan fingerprint density at radius 1 is 1.13 bits per heavy atom. The van der Waals surface area contributed by atoms with E-state index in [2.05, 4.69) is 15.0 Å². The highest BCUT2D eigenvalue weighted by molar-refractivity contribution is 5.80. The number of hydrogen-bond donors (Lipinski definition) is 0. The summed E-state index contributed by atoms with van der Waals surface area (Å²) in [6, 6.07) is 11.9. The Hall–Kier alpha value is -3.61. The molecule has 0 N–H and O–H groups in total. The summed E-state index contributed by atoms with van der Waals surface area (Å²) in [6.45, 7) is 3.65. The molecule has 0 spiro atoms. The quantitative estimate of drug-likeness (QED) is 0.512. The van der Waals surface area contributed by atoms with Gasteiger partial charge in [0.05, 0.1) is 23.1 Å². The van der Waals surface area contributed by atoms with Crippen LogP contribution >= 0.6 is 0 Å². The SMILES string of the molecule is Cc1ncc(-c2ccncc2)c([C@H]2CCCN(C(=O)Cn3cnc4ccccc43)C2)n1. The van der Waals surface area contributed by atoms with Crippen molar-refractivity contribution in [2.75, 3.05) is 13.1 Å². The first kappa shape index (κ1) is 19.4. The first-order chi connectivity index (χ1) is 15.2. The number of amides is 1. The summed E-state index contributed by atoms with van der Waals surface area (Å²) in [5.74, 6) is 1.05. The smallest absolute Gasteiger partial charge is 0.242 e. The van der Waals surface area contributed by atoms with E-state index in [0.717, 1.165) is 53.1 Å². The van der Waals surface area contributed by atoms with Crippen LogP contribution in [0.15, 0.2) is 61.3 Å². The van der Waals surface area contributed by atoms with Gasteiger partial charge in [0, 0.05) is 43.2 Å². The van der Waals surface area contributed by atoms with Gasteiger partial charge in [-0.05, 0) is 49.6 Å². The van der Waals surface area contributed by atoms with Crippen molar-refractivity contribution in [1.29, 1.82) is 0 Å². The predicted molar refractivity (Wildman–Crippen MR) is 118 cm³/mol. The maximum Gasteiger partial charge on any atom is 0.242 e. The largest absolute Gasteiger partial charge is 0.340 e. The zero-order valence-corrected chi connectivity index (χ0v) is 17.5. The number of imidazole rings is 1. The monoisotopic (exact) mass is 412 g/mol. The number of piperidine rings is 1. The molecule has 0 bridgehead atoms. The van der Waals surface area contributed by atoms with E-state index in [0.29, 0.717) is 13.1 Å². The summed E-state index contributed by atoms with van der Waals surface area (Å²) in [7, 11) is 0. The van der Waals surface area contributed by atoms with E-state index in [1.807, 2.05) is 59.0 Å². The lowest BCUT2D eigenvalue weighted by atomic mass is 9.90. The summed E-state index contributed by atoms with van der Waals surface area (Å²) in [5.41, 5.74) is 4.98. The Balaban J connectivity index is 1.38. The van der Waals surface area contributed by atoms with Gasteiger partial charge in [-0.1, -0.05) is 12.1 Å². The fourth-order valence-electron chi connectivity index (χ4n) is 4.36. The highest BCUT2D eigenvalue weighted by atomic mass is 16.2. The lowest BCUT2D eigenvalue weighted by molar-refractivity contribution is -0.133. The molecule has 1 aromatic carbocycles. The van der Waals surface area contributed by atoms with E-state index in [-0.39, 0.29) is 11.8 Å². The van der Waals surface area contributed by atoms with Gasteiger partial charge < -0.3 is 9.47 Å². The molecule has 3 aromatic heterocycles. The summed E-state index contributed by atoms with van der Waals surface area (Å²) >= 11 is 0. The van der Waals surface area contributed by atoms with Crippen LogP contribution in [0.1, 0.15) is 30.3 Å². The normalized spacial score (nSPS) is 16.5. The van der Waals surface area contributed by atoms with Crippen LogP contribution < -0.4 is 0 Å². The number of rotatable bonds is 4. The van der Waals surface area contributed by atoms with Crippen molar-refractivity contribution >= 4 is 16.9 Å². The van der Waals surface area contributed by atoms with Gasteiger partial charge >= 0.3 is 0 Å². The first-order valence-corrected chi connectivity index (χ1v) is 10.6. The van der Waals surface area contributed by atoms with Gasteiger partial charge in [-0.3, -0.25) is 9.78 Å². The van der Waals surface area contributed by atoms with Crippen LogP contribution in [-0.2, 0) is 11.3 Å². The van der Waals surface area contributed by atoms with Crippen LogP contribution in [0.25, 0.3) is 22.2 Å². The third-order valence-corrected chi connectivity index (χ3v) is 5.92. The number of likely N-dealkylation sites (tertiary alicyclic amines) is 1. The first-order valence-electron chi connectivity index (χ1n) is 10.6. The fourth-order valence-corrected chi connectivity index (χ4v) is 4.36. The van der Waals surface area contributed by atoms with E-state index in [9.17, 15) is 4.79 Å². The molecule has 1 fully saturated rings. The van der Waals surface area contributed by atoms with Crippen molar-refractivity contribution in [3.8, 4) is 11.1 Å². The number of aryl methyl sites for hydroxylation is 1. The molecular formula is C24H24N6O. The maximum absolute atomic E-state index is 13.1. The molecule has 1 aliphatic rings. The fraction of sp³-hybridized carbons (Fsp3) is 0.292. The standard InChI is InChI=1S/C24H24N6O/c1-17-26-13-20(18-8-10-25-11-9-18)24(28-17)19-5-4-12-29(14-19)23(31)15-30-16-27-21-6-2-3-7-22(21)30/h2-3,6-11,13,16,19H,4-5,12,14-15H2,1H3/t19-/m0/s1. The van der Waals surface area contributed by atoms with E-state index in [1.165, 1.54) is 0 Å². The van der Waals surface area contributed by atoms with Gasteiger partial charge in [0.1, 0.15) is 12.4 Å². The van der Waals surface area contributed by atoms with Crippen LogP contribution in [-0.4, -0.2) is 48.4 Å². The third kappa shape index (κ3) is 3.91. The van der Waals surface area contributed by atoms with Crippen LogP contribution in [0.4, 0.5) is 0 Å². The molecule has 4 aromatic rings. The Kier molecular flexibility index (Phi) is 5.16. The van der Waals surface area contributed by atoms with Gasteiger partial charge in [0.25, 0.3) is 0 Å². The second kappa shape index (κ2) is 8.26. The van der Waals surface area contributed by atoms with Crippen LogP contribution in [0.2, 0.25) is 0 Å². The number of benzene rings is 1. The second-order valence-corrected chi connectivity index (χ2v) is 7.99. The van der Waals surface area contributed by atoms with Crippen molar-refractivity contribution in [3.63, 3.8) is 0 Å². The summed E-state index contributed by atoms with van der Waals surface area (Å²) in [6.07, 6.45) is 9.17. The molecule has 0 aliphatic carbocycles. The molecule has 1 aliphatic heterocycles. The minimum absolute atomic E-state index is 0.115.